The van der Waals surface area contributed by atoms with Gasteiger partial charge in [-0.05, 0) is 0 Å². The molecule has 0 aromatic carbocycles. The number of H-pyrrole nitrogens is 1. The largest absolute Gasteiger partial charge is 0.394 e. The van der Waals surface area contributed by atoms with Gasteiger partial charge in [0.05, 0.1) is 26.1 Å². The molecule has 4 N–H and O–H groups in total. The Labute approximate surface area is 114 Å². The molecule has 20 heavy (non-hydrogen) atoms. The number of fused-ring (bicyclic) bond motifs is 1. The lowest BCUT2D eigenvalue weighted by Crippen LogP contribution is -2.18. The minimum absolute atomic E-state index is 0.0110. The normalized spacial score (nSPS) is 12.9. The maximum atomic E-state index is 11.7. The first-order chi connectivity index (χ1) is 9.67. The summed E-state index contributed by atoms with van der Waals surface area (Å²) in [6.07, 6.45) is 1.54. The van der Waals surface area contributed by atoms with Crippen LogP contribution in [0.25, 0.3) is 11.2 Å². The average Bonchev–Trinajstić information content (AvgIpc) is 2.83. The van der Waals surface area contributed by atoms with Gasteiger partial charge in [-0.2, -0.15) is 4.98 Å². The SMILES string of the molecule is COCC[C@@H](OCCO)n1cnc2c(=O)[nH]c(N)nc21. The third kappa shape index (κ3) is 2.95. The molecule has 0 saturated heterocycles. The van der Waals surface area contributed by atoms with Crippen LogP contribution < -0.4 is 11.3 Å². The number of hydrogen-bond donors (Lipinski definition) is 3. The van der Waals surface area contributed by atoms with Gasteiger partial charge in [0.2, 0.25) is 5.95 Å². The van der Waals surface area contributed by atoms with E-state index in [2.05, 4.69) is 15.0 Å². The summed E-state index contributed by atoms with van der Waals surface area (Å²) in [5, 5.41) is 8.87. The zero-order chi connectivity index (χ0) is 14.5. The van der Waals surface area contributed by atoms with Crippen molar-refractivity contribution in [1.82, 2.24) is 19.5 Å². The van der Waals surface area contributed by atoms with E-state index in [1.165, 1.54) is 6.33 Å². The average molecular weight is 283 g/mol. The number of nitrogens with one attached hydrogen (secondary N) is 1. The number of aliphatic hydroxyl groups is 1. The highest BCUT2D eigenvalue weighted by Crippen LogP contribution is 2.18. The summed E-state index contributed by atoms with van der Waals surface area (Å²) in [5.41, 5.74) is 5.66. The number of imidazole rings is 1. The maximum Gasteiger partial charge on any atom is 0.280 e. The third-order valence-electron chi connectivity index (χ3n) is 2.73. The van der Waals surface area contributed by atoms with Crippen LogP contribution in [-0.4, -0.2) is 51.6 Å². The minimum Gasteiger partial charge on any atom is -0.394 e. The number of aliphatic hydroxyl groups excluding tert-OH is 1. The highest BCUT2D eigenvalue weighted by Gasteiger charge is 2.17. The standard InChI is InChI=1S/C11H17N5O4/c1-19-4-2-7(20-5-3-17)16-6-13-8-9(16)14-11(12)15-10(8)18/h6-7,17H,2-5H2,1H3,(H3,12,14,15,18)/t7-/m1/s1. The van der Waals surface area contributed by atoms with Gasteiger partial charge >= 0.3 is 0 Å². The number of aromatic nitrogens is 4. The van der Waals surface area contributed by atoms with Crippen molar-refractivity contribution in [3.63, 3.8) is 0 Å². The van der Waals surface area contributed by atoms with E-state index in [0.29, 0.717) is 18.7 Å². The van der Waals surface area contributed by atoms with Crippen LogP contribution in [0.4, 0.5) is 5.95 Å². The molecule has 0 aliphatic heterocycles. The van der Waals surface area contributed by atoms with Crippen LogP contribution in [-0.2, 0) is 9.47 Å². The molecule has 110 valence electrons. The van der Waals surface area contributed by atoms with Crippen molar-refractivity contribution in [1.29, 1.82) is 0 Å². The lowest BCUT2D eigenvalue weighted by atomic mass is 10.4. The van der Waals surface area contributed by atoms with Gasteiger partial charge in [-0.1, -0.05) is 0 Å². The Hall–Kier alpha value is -1.97. The Morgan fingerprint density at radius 1 is 1.55 bits per heavy atom. The molecule has 0 amide bonds. The highest BCUT2D eigenvalue weighted by atomic mass is 16.5. The van der Waals surface area contributed by atoms with Crippen molar-refractivity contribution in [2.75, 3.05) is 32.7 Å². The summed E-state index contributed by atoms with van der Waals surface area (Å²) in [5.74, 6) is 0.0110. The Bertz CT molecular complexity index is 615. The van der Waals surface area contributed by atoms with Crippen molar-refractivity contribution in [2.24, 2.45) is 0 Å². The van der Waals surface area contributed by atoms with Crippen molar-refractivity contribution in [2.45, 2.75) is 12.6 Å². The fourth-order valence-corrected chi connectivity index (χ4v) is 1.86. The van der Waals surface area contributed by atoms with Gasteiger partial charge in [0.15, 0.2) is 11.2 Å². The fraction of sp³-hybridized carbons (Fsp3) is 0.545. The lowest BCUT2D eigenvalue weighted by molar-refractivity contribution is -0.0296. The van der Waals surface area contributed by atoms with Crippen molar-refractivity contribution < 1.29 is 14.6 Å². The first kappa shape index (κ1) is 14.4. The van der Waals surface area contributed by atoms with Crippen LogP contribution in [0.15, 0.2) is 11.1 Å². The Kier molecular flexibility index (Phi) is 4.66. The van der Waals surface area contributed by atoms with E-state index in [0.717, 1.165) is 0 Å². The zero-order valence-electron chi connectivity index (χ0n) is 11.1. The number of nitrogens with zero attached hydrogens (tertiary/aromatic N) is 3. The Morgan fingerprint density at radius 2 is 2.35 bits per heavy atom. The first-order valence-corrected chi connectivity index (χ1v) is 6.11. The molecular weight excluding hydrogens is 266 g/mol. The Morgan fingerprint density at radius 3 is 3.05 bits per heavy atom. The molecular formula is C11H17N5O4. The second-order valence-electron chi connectivity index (χ2n) is 4.11. The quantitative estimate of drug-likeness (QED) is 0.609. The zero-order valence-corrected chi connectivity index (χ0v) is 11.1. The smallest absolute Gasteiger partial charge is 0.280 e. The van der Waals surface area contributed by atoms with Gasteiger partial charge in [-0.3, -0.25) is 14.3 Å². The molecule has 9 heteroatoms. The molecule has 1 atom stereocenters. The molecule has 9 nitrogen and oxygen atoms in total. The van der Waals surface area contributed by atoms with Crippen LogP contribution in [0.2, 0.25) is 0 Å². The van der Waals surface area contributed by atoms with E-state index >= 15 is 0 Å². The number of anilines is 1. The number of methoxy groups -OCH3 is 1. The molecule has 0 unspecified atom stereocenters. The number of aromatic amines is 1. The highest BCUT2D eigenvalue weighted by molar-refractivity contribution is 5.70. The third-order valence-corrected chi connectivity index (χ3v) is 2.73. The van der Waals surface area contributed by atoms with Crippen molar-refractivity contribution in [3.05, 3.63) is 16.7 Å². The summed E-state index contributed by atoms with van der Waals surface area (Å²) in [6, 6.07) is 0. The van der Waals surface area contributed by atoms with Crippen LogP contribution in [0.1, 0.15) is 12.6 Å². The van der Waals surface area contributed by atoms with Gasteiger partial charge in [-0.25, -0.2) is 4.98 Å². The predicted molar refractivity (Wildman–Crippen MR) is 71.1 cm³/mol. The number of rotatable bonds is 7. The van der Waals surface area contributed by atoms with Crippen molar-refractivity contribution >= 4 is 17.1 Å². The molecule has 0 aliphatic rings. The molecule has 2 rings (SSSR count). The van der Waals surface area contributed by atoms with E-state index < -0.39 is 11.8 Å². The van der Waals surface area contributed by atoms with Crippen LogP contribution in [0.3, 0.4) is 0 Å². The van der Waals surface area contributed by atoms with E-state index in [1.54, 1.807) is 11.7 Å². The van der Waals surface area contributed by atoms with E-state index in [9.17, 15) is 4.79 Å². The molecule has 2 aromatic rings. The monoisotopic (exact) mass is 283 g/mol. The minimum atomic E-state index is -0.444. The molecule has 0 spiro atoms. The van der Waals surface area contributed by atoms with Crippen LogP contribution >= 0.6 is 0 Å². The summed E-state index contributed by atoms with van der Waals surface area (Å²) in [7, 11) is 1.58. The van der Waals surface area contributed by atoms with E-state index in [-0.39, 0.29) is 24.7 Å². The Balaban J connectivity index is 2.39. The second-order valence-corrected chi connectivity index (χ2v) is 4.11. The van der Waals surface area contributed by atoms with Crippen molar-refractivity contribution in [3.8, 4) is 0 Å². The van der Waals surface area contributed by atoms with Gasteiger partial charge in [0, 0.05) is 13.5 Å². The summed E-state index contributed by atoms with van der Waals surface area (Å²) < 4.78 is 12.2. The summed E-state index contributed by atoms with van der Waals surface area (Å²) in [4.78, 5) is 22.2. The number of ether oxygens (including phenoxy) is 2. The van der Waals surface area contributed by atoms with Gasteiger partial charge in [-0.15, -0.1) is 0 Å². The molecule has 0 bridgehead atoms. The number of nitrogens with two attached hydrogens (primary N) is 1. The topological polar surface area (TPSA) is 128 Å². The van der Waals surface area contributed by atoms with Gasteiger partial charge < -0.3 is 20.3 Å². The number of nitrogen functional groups attached to an aromatic ring is 1. The van der Waals surface area contributed by atoms with Crippen LogP contribution in [0, 0.1) is 0 Å². The van der Waals surface area contributed by atoms with Gasteiger partial charge in [0.1, 0.15) is 6.23 Å². The second kappa shape index (κ2) is 6.46. The molecule has 0 aliphatic carbocycles. The maximum absolute atomic E-state index is 11.7. The van der Waals surface area contributed by atoms with E-state index in [1.807, 2.05) is 0 Å². The molecule has 0 saturated carbocycles. The first-order valence-electron chi connectivity index (χ1n) is 6.11. The fourth-order valence-electron chi connectivity index (χ4n) is 1.86. The molecule has 2 aromatic heterocycles. The molecule has 0 fully saturated rings. The lowest BCUT2D eigenvalue weighted by Gasteiger charge is -2.18. The molecule has 0 radical (unpaired) electrons. The summed E-state index contributed by atoms with van der Waals surface area (Å²) in [6.45, 7) is 0.507. The predicted octanol–water partition coefficient (Wildman–Crippen LogP) is -0.754. The summed E-state index contributed by atoms with van der Waals surface area (Å²) >= 11 is 0. The van der Waals surface area contributed by atoms with Gasteiger partial charge in [0.25, 0.3) is 5.56 Å². The number of hydrogen-bond acceptors (Lipinski definition) is 7. The van der Waals surface area contributed by atoms with Crippen LogP contribution in [0.5, 0.6) is 0 Å². The molecule has 2 heterocycles. The van der Waals surface area contributed by atoms with E-state index in [4.69, 9.17) is 20.3 Å².